The minimum atomic E-state index is 0.709. The molecule has 0 aliphatic heterocycles. The molecule has 1 aromatic carbocycles. The minimum absolute atomic E-state index is 0.709. The Hall–Kier alpha value is -1.28. The number of hydrogen-bond acceptors (Lipinski definition) is 2. The van der Waals surface area contributed by atoms with Gasteiger partial charge in [0.25, 0.3) is 0 Å². The van der Waals surface area contributed by atoms with E-state index in [9.17, 15) is 0 Å². The van der Waals surface area contributed by atoms with Gasteiger partial charge in [0.1, 0.15) is 0 Å². The van der Waals surface area contributed by atoms with Crippen molar-refractivity contribution < 1.29 is 0 Å². The number of thiophene rings is 1. The lowest BCUT2D eigenvalue weighted by molar-refractivity contribution is 0.636. The topological polar surface area (TPSA) is 12.0 Å². The van der Waals surface area contributed by atoms with Crippen molar-refractivity contribution in [3.63, 3.8) is 0 Å². The Labute approximate surface area is 93.8 Å². The van der Waals surface area contributed by atoms with Crippen molar-refractivity contribution in [3.8, 4) is 0 Å². The molecule has 0 fully saturated rings. The standard InChI is InChI=1S/C13H13NS/c1-2-4-13-10(3-1)7-11(13)8-14-12-5-6-15-9-12/h1-6,9,11,14H,7-8H2. The number of fused-ring (bicyclic) bond motifs is 1. The van der Waals surface area contributed by atoms with Crippen LogP contribution < -0.4 is 5.32 Å². The summed E-state index contributed by atoms with van der Waals surface area (Å²) < 4.78 is 0. The molecule has 1 N–H and O–H groups in total. The summed E-state index contributed by atoms with van der Waals surface area (Å²) >= 11 is 1.74. The van der Waals surface area contributed by atoms with Gasteiger partial charge in [-0.3, -0.25) is 0 Å². The number of benzene rings is 1. The zero-order valence-electron chi connectivity index (χ0n) is 8.44. The van der Waals surface area contributed by atoms with Gasteiger partial charge >= 0.3 is 0 Å². The first-order valence-electron chi connectivity index (χ1n) is 5.27. The van der Waals surface area contributed by atoms with E-state index < -0.39 is 0 Å². The van der Waals surface area contributed by atoms with E-state index in [0.29, 0.717) is 5.92 Å². The highest BCUT2D eigenvalue weighted by molar-refractivity contribution is 7.08. The van der Waals surface area contributed by atoms with Crippen LogP contribution in [0.15, 0.2) is 41.1 Å². The van der Waals surface area contributed by atoms with Crippen LogP contribution in [0.25, 0.3) is 0 Å². The Bertz CT molecular complexity index is 447. The molecule has 0 spiro atoms. The molecule has 1 aliphatic rings. The summed E-state index contributed by atoms with van der Waals surface area (Å²) in [6.45, 7) is 1.06. The van der Waals surface area contributed by atoms with Crippen LogP contribution in [0.1, 0.15) is 17.0 Å². The fourth-order valence-corrected chi connectivity index (χ4v) is 2.76. The van der Waals surface area contributed by atoms with E-state index in [1.807, 2.05) is 0 Å². The van der Waals surface area contributed by atoms with E-state index in [4.69, 9.17) is 0 Å². The van der Waals surface area contributed by atoms with Crippen LogP contribution in [0.2, 0.25) is 0 Å². The highest BCUT2D eigenvalue weighted by atomic mass is 32.1. The van der Waals surface area contributed by atoms with Gasteiger partial charge in [0.15, 0.2) is 0 Å². The Morgan fingerprint density at radius 1 is 1.27 bits per heavy atom. The highest BCUT2D eigenvalue weighted by Crippen LogP contribution is 2.34. The van der Waals surface area contributed by atoms with E-state index in [1.54, 1.807) is 11.3 Å². The number of hydrogen-bond donors (Lipinski definition) is 1. The molecule has 1 nitrogen and oxygen atoms in total. The Morgan fingerprint density at radius 3 is 3.00 bits per heavy atom. The van der Waals surface area contributed by atoms with Crippen LogP contribution in [0.3, 0.4) is 0 Å². The molecular weight excluding hydrogens is 202 g/mol. The van der Waals surface area contributed by atoms with E-state index in [0.717, 1.165) is 6.54 Å². The Morgan fingerprint density at radius 2 is 2.20 bits per heavy atom. The SMILES string of the molecule is c1ccc2c(c1)CC2CNc1ccsc1. The van der Waals surface area contributed by atoms with Gasteiger partial charge in [0.2, 0.25) is 0 Å². The molecule has 0 bridgehead atoms. The smallest absolute Gasteiger partial charge is 0.0449 e. The van der Waals surface area contributed by atoms with E-state index >= 15 is 0 Å². The molecule has 1 aliphatic carbocycles. The molecular formula is C13H13NS. The molecule has 2 aromatic rings. The summed E-state index contributed by atoms with van der Waals surface area (Å²) in [6, 6.07) is 10.9. The first-order chi connectivity index (χ1) is 7.43. The Kier molecular flexibility index (Phi) is 2.22. The van der Waals surface area contributed by atoms with Crippen molar-refractivity contribution in [1.29, 1.82) is 0 Å². The molecule has 0 saturated heterocycles. The fraction of sp³-hybridized carbons (Fsp3) is 0.231. The highest BCUT2D eigenvalue weighted by Gasteiger charge is 2.24. The lowest BCUT2D eigenvalue weighted by Crippen LogP contribution is -2.24. The van der Waals surface area contributed by atoms with Crippen molar-refractivity contribution in [2.45, 2.75) is 12.3 Å². The second-order valence-corrected chi connectivity index (χ2v) is 4.77. The van der Waals surface area contributed by atoms with Crippen LogP contribution in [-0.2, 0) is 6.42 Å². The molecule has 76 valence electrons. The molecule has 3 rings (SSSR count). The molecule has 1 heterocycles. The third-order valence-corrected chi connectivity index (χ3v) is 3.72. The van der Waals surface area contributed by atoms with E-state index in [2.05, 4.69) is 46.4 Å². The van der Waals surface area contributed by atoms with Gasteiger partial charge in [-0.25, -0.2) is 0 Å². The van der Waals surface area contributed by atoms with Crippen LogP contribution in [0, 0.1) is 0 Å². The summed E-state index contributed by atoms with van der Waals surface area (Å²) in [7, 11) is 0. The molecule has 0 radical (unpaired) electrons. The van der Waals surface area contributed by atoms with E-state index in [1.165, 1.54) is 23.2 Å². The second kappa shape index (κ2) is 3.70. The van der Waals surface area contributed by atoms with Crippen LogP contribution in [0.4, 0.5) is 5.69 Å². The average molecular weight is 215 g/mol. The molecule has 1 unspecified atom stereocenters. The maximum Gasteiger partial charge on any atom is 0.0449 e. The first-order valence-corrected chi connectivity index (χ1v) is 6.21. The van der Waals surface area contributed by atoms with Gasteiger partial charge in [-0.15, -0.1) is 0 Å². The van der Waals surface area contributed by atoms with Crippen molar-refractivity contribution in [1.82, 2.24) is 0 Å². The van der Waals surface area contributed by atoms with Gasteiger partial charge in [-0.2, -0.15) is 11.3 Å². The van der Waals surface area contributed by atoms with Gasteiger partial charge in [-0.1, -0.05) is 24.3 Å². The molecule has 1 atom stereocenters. The third-order valence-electron chi connectivity index (χ3n) is 3.03. The lowest BCUT2D eigenvalue weighted by atomic mass is 9.77. The van der Waals surface area contributed by atoms with Crippen molar-refractivity contribution in [2.24, 2.45) is 0 Å². The lowest BCUT2D eigenvalue weighted by Gasteiger charge is -2.30. The predicted molar refractivity (Wildman–Crippen MR) is 65.7 cm³/mol. The number of rotatable bonds is 3. The van der Waals surface area contributed by atoms with Crippen molar-refractivity contribution in [2.75, 3.05) is 11.9 Å². The average Bonchev–Trinajstić information content (AvgIpc) is 2.72. The maximum atomic E-state index is 3.48. The summed E-state index contributed by atoms with van der Waals surface area (Å²) in [6.07, 6.45) is 1.23. The minimum Gasteiger partial charge on any atom is -0.384 e. The normalized spacial score (nSPS) is 18.0. The third kappa shape index (κ3) is 1.65. The van der Waals surface area contributed by atoms with Gasteiger partial charge in [0.05, 0.1) is 0 Å². The monoisotopic (exact) mass is 215 g/mol. The number of anilines is 1. The zero-order chi connectivity index (χ0) is 10.1. The molecule has 2 heteroatoms. The van der Waals surface area contributed by atoms with Crippen molar-refractivity contribution >= 4 is 17.0 Å². The Balaban J connectivity index is 1.64. The maximum absolute atomic E-state index is 3.48. The molecule has 15 heavy (non-hydrogen) atoms. The van der Waals surface area contributed by atoms with Gasteiger partial charge in [-0.05, 0) is 29.0 Å². The first kappa shape index (κ1) is 8.98. The zero-order valence-corrected chi connectivity index (χ0v) is 9.26. The van der Waals surface area contributed by atoms with Crippen LogP contribution in [0.5, 0.6) is 0 Å². The van der Waals surface area contributed by atoms with Gasteiger partial charge < -0.3 is 5.32 Å². The van der Waals surface area contributed by atoms with Crippen LogP contribution in [-0.4, -0.2) is 6.54 Å². The van der Waals surface area contributed by atoms with Crippen LogP contribution >= 0.6 is 11.3 Å². The second-order valence-electron chi connectivity index (χ2n) is 3.99. The summed E-state index contributed by atoms with van der Waals surface area (Å²) in [5.41, 5.74) is 4.30. The van der Waals surface area contributed by atoms with Crippen molar-refractivity contribution in [3.05, 3.63) is 52.2 Å². The quantitative estimate of drug-likeness (QED) is 0.826. The molecule has 0 amide bonds. The fourth-order valence-electron chi connectivity index (χ4n) is 2.15. The van der Waals surface area contributed by atoms with E-state index in [-0.39, 0.29) is 0 Å². The molecule has 0 saturated carbocycles. The summed E-state index contributed by atoms with van der Waals surface area (Å²) in [5, 5.41) is 7.74. The molecule has 1 aromatic heterocycles. The summed E-state index contributed by atoms with van der Waals surface area (Å²) in [5.74, 6) is 0.709. The van der Waals surface area contributed by atoms with Gasteiger partial charge in [0, 0.05) is 23.5 Å². The number of nitrogens with one attached hydrogen (secondary N) is 1. The summed E-state index contributed by atoms with van der Waals surface area (Å²) in [4.78, 5) is 0. The predicted octanol–water partition coefficient (Wildman–Crippen LogP) is 3.50. The largest absolute Gasteiger partial charge is 0.384 e.